The van der Waals surface area contributed by atoms with Crippen LogP contribution in [0.5, 0.6) is 0 Å². The fourth-order valence-corrected chi connectivity index (χ4v) is 3.28. The van der Waals surface area contributed by atoms with Crippen LogP contribution in [0.15, 0.2) is 59.7 Å². The van der Waals surface area contributed by atoms with E-state index in [-0.39, 0.29) is 12.2 Å². The molecule has 1 aliphatic rings. The fourth-order valence-electron chi connectivity index (χ4n) is 3.28. The van der Waals surface area contributed by atoms with Crippen LogP contribution in [-0.2, 0) is 9.59 Å². The van der Waals surface area contributed by atoms with Crippen molar-refractivity contribution >= 4 is 17.6 Å². The average molecular weight is 324 g/mol. The summed E-state index contributed by atoms with van der Waals surface area (Å²) in [6.45, 7) is 7.38. The molecule has 1 aromatic carbocycles. The number of carbonyl (C=O) groups is 2. The molecule has 0 heterocycles. The number of Topliss-reactive ketones (excluding diaryl/α,β-unsaturated/α-hetero) is 1. The van der Waals surface area contributed by atoms with Crippen molar-refractivity contribution in [2.24, 2.45) is 5.41 Å². The number of rotatable bonds is 4. The summed E-state index contributed by atoms with van der Waals surface area (Å²) < 4.78 is 0. The van der Waals surface area contributed by atoms with E-state index in [4.69, 9.17) is 0 Å². The summed E-state index contributed by atoms with van der Waals surface area (Å²) in [5.41, 5.74) is 0.904. The van der Waals surface area contributed by atoms with E-state index in [0.29, 0.717) is 11.1 Å². The Bertz CT molecular complexity index is 736. The predicted molar refractivity (Wildman–Crippen MR) is 96.4 cm³/mol. The van der Waals surface area contributed by atoms with E-state index in [1.165, 1.54) is 6.08 Å². The first-order valence-corrected chi connectivity index (χ1v) is 8.06. The highest BCUT2D eigenvalue weighted by Gasteiger charge is 2.49. The van der Waals surface area contributed by atoms with Crippen molar-refractivity contribution in [1.29, 1.82) is 0 Å². The summed E-state index contributed by atoms with van der Waals surface area (Å²) in [4.78, 5) is 23.3. The largest absolute Gasteiger partial charge is 0.381 e. The molecule has 3 nitrogen and oxygen atoms in total. The second kappa shape index (κ2) is 6.70. The van der Waals surface area contributed by atoms with Gasteiger partial charge < -0.3 is 5.11 Å². The summed E-state index contributed by atoms with van der Waals surface area (Å²) in [5, 5.41) is 11.4. The van der Waals surface area contributed by atoms with E-state index in [1.54, 1.807) is 19.1 Å². The van der Waals surface area contributed by atoms with Gasteiger partial charge in [0.15, 0.2) is 5.78 Å². The van der Waals surface area contributed by atoms with Gasteiger partial charge in [-0.25, -0.2) is 0 Å². The Balaban J connectivity index is 2.62. The third-order valence-electron chi connectivity index (χ3n) is 4.84. The maximum absolute atomic E-state index is 12.7. The lowest BCUT2D eigenvalue weighted by Crippen LogP contribution is -2.49. The Labute approximate surface area is 143 Å². The van der Waals surface area contributed by atoms with E-state index in [2.05, 4.69) is 0 Å². The number of carbonyl (C=O) groups excluding carboxylic acids is 2. The number of benzene rings is 1. The highest BCUT2D eigenvalue weighted by atomic mass is 16.3. The van der Waals surface area contributed by atoms with Gasteiger partial charge in [0.05, 0.1) is 0 Å². The van der Waals surface area contributed by atoms with Gasteiger partial charge in [0, 0.05) is 17.4 Å². The smallest absolute Gasteiger partial charge is 0.164 e. The van der Waals surface area contributed by atoms with Gasteiger partial charge in [-0.05, 0) is 42.7 Å². The number of aliphatic hydroxyl groups is 1. The van der Waals surface area contributed by atoms with Crippen molar-refractivity contribution in [3.8, 4) is 0 Å². The van der Waals surface area contributed by atoms with Crippen LogP contribution in [0.2, 0.25) is 0 Å². The van der Waals surface area contributed by atoms with Crippen LogP contribution in [0.1, 0.15) is 39.7 Å². The highest BCUT2D eigenvalue weighted by molar-refractivity contribution is 6.23. The van der Waals surface area contributed by atoms with Crippen LogP contribution in [-0.4, -0.2) is 22.8 Å². The first kappa shape index (κ1) is 18.1. The molecule has 0 fully saturated rings. The van der Waals surface area contributed by atoms with Gasteiger partial charge in [0.1, 0.15) is 11.9 Å². The summed E-state index contributed by atoms with van der Waals surface area (Å²) >= 11 is 0. The van der Waals surface area contributed by atoms with Crippen LogP contribution < -0.4 is 0 Å². The number of allylic oxidation sites excluding steroid dienone is 4. The third-order valence-corrected chi connectivity index (χ3v) is 4.84. The zero-order valence-corrected chi connectivity index (χ0v) is 14.7. The first-order valence-electron chi connectivity index (χ1n) is 8.06. The first-order chi connectivity index (χ1) is 11.2. The van der Waals surface area contributed by atoms with E-state index >= 15 is 0 Å². The van der Waals surface area contributed by atoms with Crippen molar-refractivity contribution in [3.05, 3.63) is 65.3 Å². The Morgan fingerprint density at radius 3 is 2.42 bits per heavy atom. The molecule has 1 unspecified atom stereocenters. The van der Waals surface area contributed by atoms with Crippen molar-refractivity contribution in [1.82, 2.24) is 0 Å². The van der Waals surface area contributed by atoms with E-state index in [9.17, 15) is 14.7 Å². The molecule has 0 spiro atoms. The molecule has 0 radical (unpaired) electrons. The molecule has 0 amide bonds. The maximum Gasteiger partial charge on any atom is 0.164 e. The van der Waals surface area contributed by atoms with Gasteiger partial charge in [-0.2, -0.15) is 0 Å². The lowest BCUT2D eigenvalue weighted by Gasteiger charge is -2.45. The number of hydrogen-bond donors (Lipinski definition) is 1. The minimum Gasteiger partial charge on any atom is -0.381 e. The van der Waals surface area contributed by atoms with Gasteiger partial charge in [0.25, 0.3) is 0 Å². The van der Waals surface area contributed by atoms with E-state index in [1.807, 2.05) is 51.1 Å². The molecule has 126 valence electrons. The molecular weight excluding hydrogens is 300 g/mol. The maximum atomic E-state index is 12.7. The minimum absolute atomic E-state index is 0.0435. The van der Waals surface area contributed by atoms with Crippen LogP contribution in [0.4, 0.5) is 0 Å². The van der Waals surface area contributed by atoms with E-state index < -0.39 is 11.0 Å². The van der Waals surface area contributed by atoms with Crippen molar-refractivity contribution in [2.45, 2.75) is 39.7 Å². The molecule has 24 heavy (non-hydrogen) atoms. The molecule has 1 aliphatic carbocycles. The van der Waals surface area contributed by atoms with Gasteiger partial charge in [-0.15, -0.1) is 0 Å². The molecule has 0 saturated carbocycles. The lowest BCUT2D eigenvalue weighted by atomic mass is 9.61. The molecule has 0 saturated heterocycles. The fraction of sp³-hybridized carbons (Fsp3) is 0.333. The second-order valence-corrected chi connectivity index (χ2v) is 7.00. The third kappa shape index (κ3) is 3.17. The summed E-state index contributed by atoms with van der Waals surface area (Å²) in [5.74, 6) is 0.0435. The highest BCUT2D eigenvalue weighted by Crippen LogP contribution is 2.48. The van der Waals surface area contributed by atoms with Crippen LogP contribution in [0.3, 0.4) is 0 Å². The summed E-state index contributed by atoms with van der Waals surface area (Å²) in [6.07, 6.45) is 5.85. The normalized spacial score (nSPS) is 24.5. The molecule has 0 aliphatic heterocycles. The SMILES string of the molecule is CC(C=CC1(O)C(C)=C(c2ccccc2)C(=O)CC1(C)C)=CC=O. The van der Waals surface area contributed by atoms with Crippen LogP contribution in [0, 0.1) is 5.41 Å². The zero-order chi connectivity index (χ0) is 18.0. The molecule has 2 rings (SSSR count). The van der Waals surface area contributed by atoms with Gasteiger partial charge in [0.2, 0.25) is 0 Å². The molecule has 1 atom stereocenters. The van der Waals surface area contributed by atoms with Crippen LogP contribution >= 0.6 is 0 Å². The lowest BCUT2D eigenvalue weighted by molar-refractivity contribution is -0.120. The van der Waals surface area contributed by atoms with Gasteiger partial charge >= 0.3 is 0 Å². The molecule has 0 bridgehead atoms. The minimum atomic E-state index is -1.26. The quantitative estimate of drug-likeness (QED) is 0.519. The topological polar surface area (TPSA) is 54.4 Å². The predicted octanol–water partition coefficient (Wildman–Crippen LogP) is 3.89. The average Bonchev–Trinajstić information content (AvgIpc) is 2.52. The standard InChI is InChI=1S/C21H24O3/c1-15(11-13-22)10-12-21(24)16(2)19(17-8-6-5-7-9-17)18(23)14-20(21,3)4/h5-13,24H,14H2,1-4H3. The number of ketones is 1. The molecule has 1 aromatic rings. The Kier molecular flexibility index (Phi) is 5.05. The molecule has 0 aromatic heterocycles. The van der Waals surface area contributed by atoms with Gasteiger partial charge in [-0.1, -0.05) is 50.3 Å². The van der Waals surface area contributed by atoms with Crippen LogP contribution in [0.25, 0.3) is 5.57 Å². The summed E-state index contributed by atoms with van der Waals surface area (Å²) in [6, 6.07) is 9.44. The van der Waals surface area contributed by atoms with E-state index in [0.717, 1.165) is 17.4 Å². The summed E-state index contributed by atoms with van der Waals surface area (Å²) in [7, 11) is 0. The molecular formula is C21H24O3. The monoisotopic (exact) mass is 324 g/mol. The molecule has 1 N–H and O–H groups in total. The van der Waals surface area contributed by atoms with Crippen molar-refractivity contribution in [3.63, 3.8) is 0 Å². The number of aldehydes is 1. The zero-order valence-electron chi connectivity index (χ0n) is 14.7. The van der Waals surface area contributed by atoms with Crippen molar-refractivity contribution in [2.75, 3.05) is 0 Å². The van der Waals surface area contributed by atoms with Crippen molar-refractivity contribution < 1.29 is 14.7 Å². The Hall–Kier alpha value is -2.26. The second-order valence-electron chi connectivity index (χ2n) is 7.00. The van der Waals surface area contributed by atoms with Gasteiger partial charge in [-0.3, -0.25) is 9.59 Å². The number of hydrogen-bond acceptors (Lipinski definition) is 3. The Morgan fingerprint density at radius 2 is 1.83 bits per heavy atom. The Morgan fingerprint density at radius 1 is 1.21 bits per heavy atom. The molecule has 3 heteroatoms.